The minimum atomic E-state index is -0.474. The van der Waals surface area contributed by atoms with E-state index in [2.05, 4.69) is 10.6 Å². The van der Waals surface area contributed by atoms with Gasteiger partial charge in [0.15, 0.2) is 10.9 Å². The quantitative estimate of drug-likeness (QED) is 0.467. The van der Waals surface area contributed by atoms with Crippen molar-refractivity contribution in [3.05, 3.63) is 74.9 Å². The lowest BCUT2D eigenvalue weighted by atomic mass is 10.2. The number of anilines is 1. The summed E-state index contributed by atoms with van der Waals surface area (Å²) < 4.78 is 5.60. The molecule has 27 heavy (non-hydrogen) atoms. The Bertz CT molecular complexity index is 1030. The van der Waals surface area contributed by atoms with Gasteiger partial charge in [-0.1, -0.05) is 40.9 Å². The Hall–Kier alpha value is -2.05. The molecule has 0 aliphatic heterocycles. The summed E-state index contributed by atoms with van der Waals surface area (Å²) in [7, 11) is 0. The van der Waals surface area contributed by atoms with Gasteiger partial charge in [-0.05, 0) is 67.2 Å². The van der Waals surface area contributed by atoms with Gasteiger partial charge in [0.1, 0.15) is 5.76 Å². The number of amides is 1. The van der Waals surface area contributed by atoms with Gasteiger partial charge < -0.3 is 9.73 Å². The molecule has 0 unspecified atom stereocenters. The highest BCUT2D eigenvalue weighted by Crippen LogP contribution is 2.29. The van der Waals surface area contributed by atoms with Gasteiger partial charge in [-0.3, -0.25) is 10.1 Å². The van der Waals surface area contributed by atoms with Gasteiger partial charge >= 0.3 is 0 Å². The summed E-state index contributed by atoms with van der Waals surface area (Å²) >= 11 is 23.1. The molecule has 0 atom stereocenters. The molecule has 2 N–H and O–H groups in total. The van der Waals surface area contributed by atoms with Gasteiger partial charge in [0.25, 0.3) is 5.91 Å². The summed E-state index contributed by atoms with van der Waals surface area (Å²) in [5.74, 6) is 0.129. The molecule has 3 aromatic rings. The molecule has 1 amide bonds. The Kier molecular flexibility index (Phi) is 6.07. The monoisotopic (exact) mass is 438 g/mol. The maximum Gasteiger partial charge on any atom is 0.293 e. The second-order valence-electron chi connectivity index (χ2n) is 5.66. The first kappa shape index (κ1) is 19.7. The van der Waals surface area contributed by atoms with Gasteiger partial charge in [-0.25, -0.2) is 0 Å². The van der Waals surface area contributed by atoms with Crippen LogP contribution in [-0.2, 0) is 0 Å². The van der Waals surface area contributed by atoms with E-state index in [-0.39, 0.29) is 10.9 Å². The van der Waals surface area contributed by atoms with Crippen LogP contribution in [0.25, 0.3) is 11.3 Å². The Morgan fingerprint density at radius 2 is 1.78 bits per heavy atom. The van der Waals surface area contributed by atoms with Crippen LogP contribution in [0.5, 0.6) is 0 Å². The molecule has 0 saturated heterocycles. The highest BCUT2D eigenvalue weighted by atomic mass is 35.5. The first-order valence-electron chi connectivity index (χ1n) is 7.77. The van der Waals surface area contributed by atoms with E-state index in [0.717, 1.165) is 5.56 Å². The molecule has 1 aromatic heterocycles. The van der Waals surface area contributed by atoms with Crippen molar-refractivity contribution >= 4 is 63.7 Å². The molecule has 0 fully saturated rings. The molecule has 0 spiro atoms. The third-order valence-electron chi connectivity index (χ3n) is 3.71. The lowest BCUT2D eigenvalue weighted by molar-refractivity contribution is 0.0951. The molecule has 0 aliphatic rings. The van der Waals surface area contributed by atoms with Gasteiger partial charge in [0.05, 0.1) is 10.0 Å². The Morgan fingerprint density at radius 3 is 2.52 bits per heavy atom. The topological polar surface area (TPSA) is 54.3 Å². The van der Waals surface area contributed by atoms with Gasteiger partial charge in [-0.15, -0.1) is 0 Å². The van der Waals surface area contributed by atoms with Crippen LogP contribution in [0.4, 0.5) is 5.69 Å². The van der Waals surface area contributed by atoms with E-state index in [0.29, 0.717) is 32.1 Å². The highest BCUT2D eigenvalue weighted by Gasteiger charge is 2.15. The van der Waals surface area contributed by atoms with Gasteiger partial charge in [0.2, 0.25) is 0 Å². The SMILES string of the molecule is Cc1ccc(Cl)cc1NC(=S)NC(=O)c1ccc(-c2ccc(Cl)c(Cl)c2)o1. The van der Waals surface area contributed by atoms with E-state index in [9.17, 15) is 4.79 Å². The zero-order chi connectivity index (χ0) is 19.6. The highest BCUT2D eigenvalue weighted by molar-refractivity contribution is 7.80. The molecule has 138 valence electrons. The first-order valence-corrected chi connectivity index (χ1v) is 9.31. The second kappa shape index (κ2) is 8.31. The number of furan rings is 1. The summed E-state index contributed by atoms with van der Waals surface area (Å²) in [5.41, 5.74) is 2.36. The van der Waals surface area contributed by atoms with Crippen molar-refractivity contribution in [1.29, 1.82) is 0 Å². The molecule has 4 nitrogen and oxygen atoms in total. The second-order valence-corrected chi connectivity index (χ2v) is 7.32. The summed E-state index contributed by atoms with van der Waals surface area (Å²) in [6.07, 6.45) is 0. The van der Waals surface area contributed by atoms with Crippen LogP contribution < -0.4 is 10.6 Å². The Balaban J connectivity index is 1.69. The zero-order valence-corrected chi connectivity index (χ0v) is 17.1. The fourth-order valence-corrected chi connectivity index (χ4v) is 2.98. The number of benzene rings is 2. The molecule has 3 rings (SSSR count). The Morgan fingerprint density at radius 1 is 1.00 bits per heavy atom. The molecule has 0 bridgehead atoms. The van der Waals surface area contributed by atoms with Crippen LogP contribution in [0.2, 0.25) is 15.1 Å². The largest absolute Gasteiger partial charge is 0.451 e. The maximum absolute atomic E-state index is 12.4. The predicted molar refractivity (Wildman–Crippen MR) is 114 cm³/mol. The van der Waals surface area contributed by atoms with Crippen molar-refractivity contribution in [1.82, 2.24) is 5.32 Å². The van der Waals surface area contributed by atoms with E-state index < -0.39 is 5.91 Å². The number of hydrogen-bond acceptors (Lipinski definition) is 3. The summed E-state index contributed by atoms with van der Waals surface area (Å²) in [6.45, 7) is 1.90. The van der Waals surface area contributed by atoms with Crippen LogP contribution >= 0.6 is 47.0 Å². The van der Waals surface area contributed by atoms with Crippen molar-refractivity contribution in [3.63, 3.8) is 0 Å². The van der Waals surface area contributed by atoms with Crippen LogP contribution in [0.3, 0.4) is 0 Å². The number of hydrogen-bond donors (Lipinski definition) is 2. The molecule has 0 aliphatic carbocycles. The van der Waals surface area contributed by atoms with Crippen LogP contribution in [0.1, 0.15) is 16.1 Å². The van der Waals surface area contributed by atoms with Gasteiger partial charge in [-0.2, -0.15) is 0 Å². The molecule has 8 heteroatoms. The van der Waals surface area contributed by atoms with E-state index in [1.165, 1.54) is 0 Å². The molecule has 1 heterocycles. The third-order valence-corrected chi connectivity index (χ3v) is 4.89. The van der Waals surface area contributed by atoms with Crippen molar-refractivity contribution in [2.24, 2.45) is 0 Å². The zero-order valence-electron chi connectivity index (χ0n) is 14.0. The van der Waals surface area contributed by atoms with Gasteiger partial charge in [0, 0.05) is 16.3 Å². The number of nitrogens with one attached hydrogen (secondary N) is 2. The number of aryl methyl sites for hydroxylation is 1. The molecular formula is C19H13Cl3N2O2S. The smallest absolute Gasteiger partial charge is 0.293 e. The van der Waals surface area contributed by atoms with Crippen molar-refractivity contribution < 1.29 is 9.21 Å². The summed E-state index contributed by atoms with van der Waals surface area (Å²) in [4.78, 5) is 12.4. The molecule has 0 saturated carbocycles. The molecular weight excluding hydrogens is 427 g/mol. The minimum absolute atomic E-state index is 0.114. The van der Waals surface area contributed by atoms with Crippen molar-refractivity contribution in [2.45, 2.75) is 6.92 Å². The minimum Gasteiger partial charge on any atom is -0.451 e. The molecule has 2 aromatic carbocycles. The number of halogens is 3. The standard InChI is InChI=1S/C19H13Cl3N2O2S/c1-10-2-4-12(20)9-15(10)23-19(27)24-18(25)17-7-6-16(26-17)11-3-5-13(21)14(22)8-11/h2-9H,1H3,(H2,23,24,25,27). The normalized spacial score (nSPS) is 10.5. The number of carbonyl (C=O) groups is 1. The fourth-order valence-electron chi connectivity index (χ4n) is 2.31. The predicted octanol–water partition coefficient (Wildman–Crippen LogP) is 6.34. The number of rotatable bonds is 3. The lowest BCUT2D eigenvalue weighted by Gasteiger charge is -2.11. The van der Waals surface area contributed by atoms with Crippen LogP contribution in [0, 0.1) is 6.92 Å². The maximum atomic E-state index is 12.4. The van der Waals surface area contributed by atoms with Crippen LogP contribution in [0.15, 0.2) is 52.9 Å². The van der Waals surface area contributed by atoms with E-state index in [1.54, 1.807) is 42.5 Å². The first-order chi connectivity index (χ1) is 12.8. The van der Waals surface area contributed by atoms with E-state index >= 15 is 0 Å². The average Bonchev–Trinajstić information content (AvgIpc) is 3.11. The summed E-state index contributed by atoms with van der Waals surface area (Å²) in [6, 6.07) is 13.7. The van der Waals surface area contributed by atoms with E-state index in [1.807, 2.05) is 13.0 Å². The summed E-state index contributed by atoms with van der Waals surface area (Å²) in [5, 5.41) is 7.06. The fraction of sp³-hybridized carbons (Fsp3) is 0.0526. The average molecular weight is 440 g/mol. The number of thiocarbonyl (C=S) groups is 1. The lowest BCUT2D eigenvalue weighted by Crippen LogP contribution is -2.34. The van der Waals surface area contributed by atoms with E-state index in [4.69, 9.17) is 51.4 Å². The van der Waals surface area contributed by atoms with Crippen molar-refractivity contribution in [3.8, 4) is 11.3 Å². The van der Waals surface area contributed by atoms with Crippen LogP contribution in [-0.4, -0.2) is 11.0 Å². The van der Waals surface area contributed by atoms with Crippen molar-refractivity contribution in [2.75, 3.05) is 5.32 Å². The Labute approximate surface area is 176 Å². The molecule has 0 radical (unpaired) electrons. The third kappa shape index (κ3) is 4.82. The number of carbonyl (C=O) groups excluding carboxylic acids is 1.